The van der Waals surface area contributed by atoms with Crippen molar-refractivity contribution in [3.63, 3.8) is 0 Å². The summed E-state index contributed by atoms with van der Waals surface area (Å²) in [4.78, 5) is 15.7. The second kappa shape index (κ2) is 4.94. The lowest BCUT2D eigenvalue weighted by Gasteiger charge is -2.31. The van der Waals surface area contributed by atoms with Gasteiger partial charge in [-0.1, -0.05) is 12.1 Å². The number of likely N-dealkylation sites (N-methyl/N-ethyl adjacent to an activating group) is 2. The van der Waals surface area contributed by atoms with Gasteiger partial charge in [0.2, 0.25) is 5.91 Å². The molecule has 3 nitrogen and oxygen atoms in total. The summed E-state index contributed by atoms with van der Waals surface area (Å²) in [5.74, 6) is 0.155. The van der Waals surface area contributed by atoms with Crippen molar-refractivity contribution in [1.82, 2.24) is 5.32 Å². The SMILES string of the molecule is CCN1C(=O)C(NC)C(C)(C)Sc2ccccc21. The van der Waals surface area contributed by atoms with Crippen molar-refractivity contribution in [1.29, 1.82) is 0 Å². The topological polar surface area (TPSA) is 32.3 Å². The van der Waals surface area contributed by atoms with Crippen molar-refractivity contribution in [2.24, 2.45) is 0 Å². The molecular formula is C14H20N2OS. The van der Waals surface area contributed by atoms with Crippen molar-refractivity contribution in [2.75, 3.05) is 18.5 Å². The first-order chi connectivity index (χ1) is 8.51. The maximum atomic E-state index is 12.6. The Kier molecular flexibility index (Phi) is 3.69. The van der Waals surface area contributed by atoms with E-state index in [1.54, 1.807) is 11.8 Å². The number of para-hydroxylation sites is 1. The number of hydrogen-bond acceptors (Lipinski definition) is 3. The highest BCUT2D eigenvalue weighted by Crippen LogP contribution is 2.43. The molecule has 0 radical (unpaired) electrons. The quantitative estimate of drug-likeness (QED) is 0.891. The second-order valence-corrected chi connectivity index (χ2v) is 6.67. The predicted octanol–water partition coefficient (Wildman–Crippen LogP) is 2.51. The number of fused-ring (bicyclic) bond motifs is 1. The van der Waals surface area contributed by atoms with Gasteiger partial charge < -0.3 is 10.2 Å². The minimum atomic E-state index is -0.171. The summed E-state index contributed by atoms with van der Waals surface area (Å²) >= 11 is 1.77. The Balaban J connectivity index is 2.55. The maximum absolute atomic E-state index is 12.6. The number of nitrogens with zero attached hydrogens (tertiary/aromatic N) is 1. The number of carbonyl (C=O) groups excluding carboxylic acids is 1. The summed E-state index contributed by atoms with van der Waals surface area (Å²) in [7, 11) is 1.86. The van der Waals surface area contributed by atoms with Crippen molar-refractivity contribution < 1.29 is 4.79 Å². The van der Waals surface area contributed by atoms with E-state index >= 15 is 0 Å². The zero-order valence-electron chi connectivity index (χ0n) is 11.4. The molecule has 0 aliphatic carbocycles. The molecule has 0 fully saturated rings. The van der Waals surface area contributed by atoms with Crippen LogP contribution in [0.5, 0.6) is 0 Å². The minimum absolute atomic E-state index is 0.155. The predicted molar refractivity (Wildman–Crippen MR) is 77.3 cm³/mol. The third-order valence-corrected chi connectivity index (χ3v) is 4.67. The van der Waals surface area contributed by atoms with Gasteiger partial charge in [0.15, 0.2) is 0 Å². The van der Waals surface area contributed by atoms with Crippen molar-refractivity contribution >= 4 is 23.4 Å². The summed E-state index contributed by atoms with van der Waals surface area (Å²) in [5, 5.41) is 3.17. The van der Waals surface area contributed by atoms with Gasteiger partial charge in [-0.05, 0) is 40.0 Å². The molecule has 0 saturated carbocycles. The summed E-state index contributed by atoms with van der Waals surface area (Å²) in [6.45, 7) is 6.95. The van der Waals surface area contributed by atoms with Gasteiger partial charge in [0.1, 0.15) is 6.04 Å². The molecule has 2 rings (SSSR count). The van der Waals surface area contributed by atoms with Crippen LogP contribution in [0.1, 0.15) is 20.8 Å². The largest absolute Gasteiger partial charge is 0.310 e. The lowest BCUT2D eigenvalue weighted by atomic mass is 10.0. The number of benzene rings is 1. The Morgan fingerprint density at radius 1 is 1.39 bits per heavy atom. The van der Waals surface area contributed by atoms with E-state index in [9.17, 15) is 4.79 Å². The van der Waals surface area contributed by atoms with Crippen LogP contribution in [0.3, 0.4) is 0 Å². The van der Waals surface area contributed by atoms with E-state index in [0.29, 0.717) is 6.54 Å². The highest BCUT2D eigenvalue weighted by atomic mass is 32.2. The number of amides is 1. The molecule has 0 saturated heterocycles. The molecule has 4 heteroatoms. The van der Waals surface area contributed by atoms with E-state index in [4.69, 9.17) is 0 Å². The van der Waals surface area contributed by atoms with Crippen LogP contribution < -0.4 is 10.2 Å². The number of thioether (sulfide) groups is 1. The Morgan fingerprint density at radius 3 is 2.67 bits per heavy atom. The zero-order valence-corrected chi connectivity index (χ0v) is 12.2. The van der Waals surface area contributed by atoms with Crippen LogP contribution in [0, 0.1) is 0 Å². The molecule has 1 amide bonds. The van der Waals surface area contributed by atoms with E-state index in [2.05, 4.69) is 25.2 Å². The lowest BCUT2D eigenvalue weighted by molar-refractivity contribution is -0.120. The van der Waals surface area contributed by atoms with Crippen LogP contribution in [0.25, 0.3) is 0 Å². The summed E-state index contributed by atoms with van der Waals surface area (Å²) in [5.41, 5.74) is 1.03. The number of nitrogens with one attached hydrogen (secondary N) is 1. The van der Waals surface area contributed by atoms with Gasteiger partial charge in [0.25, 0.3) is 0 Å². The Labute approximate surface area is 113 Å². The van der Waals surface area contributed by atoms with E-state index in [0.717, 1.165) is 5.69 Å². The summed E-state index contributed by atoms with van der Waals surface area (Å²) in [6.07, 6.45) is 0. The van der Waals surface area contributed by atoms with Crippen LogP contribution in [-0.2, 0) is 4.79 Å². The Hall–Kier alpha value is -1.00. The fourth-order valence-electron chi connectivity index (χ4n) is 2.48. The molecule has 0 bridgehead atoms. The lowest BCUT2D eigenvalue weighted by Crippen LogP contribution is -2.53. The first-order valence-electron chi connectivity index (χ1n) is 6.28. The molecular weight excluding hydrogens is 244 g/mol. The van der Waals surface area contributed by atoms with Gasteiger partial charge in [0, 0.05) is 16.2 Å². The second-order valence-electron chi connectivity index (χ2n) is 4.98. The number of rotatable bonds is 2. The molecule has 0 spiro atoms. The molecule has 1 aromatic rings. The van der Waals surface area contributed by atoms with Crippen LogP contribution in [-0.4, -0.2) is 30.3 Å². The van der Waals surface area contributed by atoms with E-state index < -0.39 is 0 Å². The molecule has 1 unspecified atom stereocenters. The van der Waals surface area contributed by atoms with Gasteiger partial charge in [-0.25, -0.2) is 0 Å². The zero-order chi connectivity index (χ0) is 13.3. The van der Waals surface area contributed by atoms with Crippen molar-refractivity contribution in [2.45, 2.75) is 36.5 Å². The highest BCUT2D eigenvalue weighted by molar-refractivity contribution is 8.01. The fourth-order valence-corrected chi connectivity index (χ4v) is 3.81. The van der Waals surface area contributed by atoms with Gasteiger partial charge in [0.05, 0.1) is 5.69 Å². The average molecular weight is 264 g/mol. The molecule has 1 heterocycles. The first-order valence-corrected chi connectivity index (χ1v) is 7.09. The highest BCUT2D eigenvalue weighted by Gasteiger charge is 2.41. The third kappa shape index (κ3) is 2.15. The van der Waals surface area contributed by atoms with Gasteiger partial charge in [-0.3, -0.25) is 4.79 Å². The van der Waals surface area contributed by atoms with Gasteiger partial charge in [-0.2, -0.15) is 0 Å². The first kappa shape index (κ1) is 13.4. The maximum Gasteiger partial charge on any atom is 0.245 e. The number of anilines is 1. The molecule has 0 aromatic heterocycles. The van der Waals surface area contributed by atoms with E-state index in [1.807, 2.05) is 37.1 Å². The van der Waals surface area contributed by atoms with Gasteiger partial charge in [-0.15, -0.1) is 11.8 Å². The van der Waals surface area contributed by atoms with Gasteiger partial charge >= 0.3 is 0 Å². The van der Waals surface area contributed by atoms with Crippen LogP contribution in [0.4, 0.5) is 5.69 Å². The molecule has 1 aromatic carbocycles. The Morgan fingerprint density at radius 2 is 2.06 bits per heavy atom. The Bertz CT molecular complexity index is 459. The van der Waals surface area contributed by atoms with E-state index in [-0.39, 0.29) is 16.7 Å². The summed E-state index contributed by atoms with van der Waals surface area (Å²) in [6, 6.07) is 7.96. The molecule has 1 aliphatic rings. The third-order valence-electron chi connectivity index (χ3n) is 3.34. The van der Waals surface area contributed by atoms with Crippen LogP contribution >= 0.6 is 11.8 Å². The van der Waals surface area contributed by atoms with Crippen LogP contribution in [0.15, 0.2) is 29.2 Å². The fraction of sp³-hybridized carbons (Fsp3) is 0.500. The van der Waals surface area contributed by atoms with Crippen LogP contribution in [0.2, 0.25) is 0 Å². The van der Waals surface area contributed by atoms with E-state index in [1.165, 1.54) is 4.90 Å². The monoisotopic (exact) mass is 264 g/mol. The molecule has 1 atom stereocenters. The standard InChI is InChI=1S/C14H20N2OS/c1-5-16-10-8-6-7-9-11(10)18-14(2,3)12(15-4)13(16)17/h6-9,12,15H,5H2,1-4H3. The molecule has 1 N–H and O–H groups in total. The normalized spacial score (nSPS) is 22.6. The van der Waals surface area contributed by atoms with Crippen molar-refractivity contribution in [3.05, 3.63) is 24.3 Å². The molecule has 1 aliphatic heterocycles. The smallest absolute Gasteiger partial charge is 0.245 e. The molecule has 98 valence electrons. The van der Waals surface area contributed by atoms with Crippen molar-refractivity contribution in [3.8, 4) is 0 Å². The number of hydrogen-bond donors (Lipinski definition) is 1. The average Bonchev–Trinajstić information content (AvgIpc) is 2.39. The summed E-state index contributed by atoms with van der Waals surface area (Å²) < 4.78 is -0.161. The minimum Gasteiger partial charge on any atom is -0.310 e. The number of carbonyl (C=O) groups is 1. The molecule has 18 heavy (non-hydrogen) atoms.